The van der Waals surface area contributed by atoms with Crippen LogP contribution in [0.25, 0.3) is 0 Å². The van der Waals surface area contributed by atoms with Gasteiger partial charge in [0.2, 0.25) is 0 Å². The molecule has 1 saturated heterocycles. The van der Waals surface area contributed by atoms with Crippen molar-refractivity contribution in [3.05, 3.63) is 65.2 Å². The minimum atomic E-state index is -1.15. The molecule has 6 heteroatoms. The lowest BCUT2D eigenvalue weighted by Crippen LogP contribution is -2.76. The number of hydrogen-bond donors (Lipinski definition) is 3. The monoisotopic (exact) mass is 446 g/mol. The average molecular weight is 447 g/mol. The minimum Gasteiger partial charge on any atom is -0.508 e. The van der Waals surface area contributed by atoms with Crippen molar-refractivity contribution >= 4 is 11.7 Å². The van der Waals surface area contributed by atoms with E-state index in [1.54, 1.807) is 36.4 Å². The molecule has 0 aromatic heterocycles. The SMILES string of the molecule is O=C(NC1CC2(O)C3Cc4ccc(O)cc4C2(CCN3CC2CC2)CC1=O)c1ccccc1. The number of carbonyl (C=O) groups is 2. The third-order valence-electron chi connectivity index (χ3n) is 8.58. The molecule has 3 fully saturated rings. The lowest BCUT2D eigenvalue weighted by atomic mass is 9.48. The maximum atomic E-state index is 13.4. The number of benzene rings is 2. The number of Topliss-reactive ketones (excluding diaryl/α,β-unsaturated/α-hetero) is 1. The van der Waals surface area contributed by atoms with Crippen LogP contribution < -0.4 is 5.32 Å². The van der Waals surface area contributed by atoms with Crippen LogP contribution in [0.15, 0.2) is 48.5 Å². The van der Waals surface area contributed by atoms with Gasteiger partial charge in [-0.2, -0.15) is 0 Å². The van der Waals surface area contributed by atoms with E-state index in [0.717, 1.165) is 24.2 Å². The first-order chi connectivity index (χ1) is 15.9. The summed E-state index contributed by atoms with van der Waals surface area (Å²) in [7, 11) is 0. The highest BCUT2D eigenvalue weighted by Gasteiger charge is 2.66. The van der Waals surface area contributed by atoms with E-state index in [-0.39, 0.29) is 36.3 Å². The van der Waals surface area contributed by atoms with E-state index >= 15 is 0 Å². The van der Waals surface area contributed by atoms with Crippen LogP contribution in [0.2, 0.25) is 0 Å². The first kappa shape index (κ1) is 20.9. The topological polar surface area (TPSA) is 89.9 Å². The molecule has 0 spiro atoms. The molecule has 1 amide bonds. The molecule has 33 heavy (non-hydrogen) atoms. The molecule has 2 aromatic rings. The summed E-state index contributed by atoms with van der Waals surface area (Å²) < 4.78 is 0. The van der Waals surface area contributed by atoms with Gasteiger partial charge in [-0.05, 0) is 73.5 Å². The molecule has 2 aromatic carbocycles. The van der Waals surface area contributed by atoms with E-state index in [1.165, 1.54) is 12.8 Å². The van der Waals surface area contributed by atoms with Crippen LogP contribution in [0, 0.1) is 5.92 Å². The average Bonchev–Trinajstić information content (AvgIpc) is 3.62. The molecule has 4 aliphatic rings. The number of likely N-dealkylation sites (tertiary alicyclic amines) is 1. The summed E-state index contributed by atoms with van der Waals surface area (Å²) in [5.41, 5.74) is 0.654. The summed E-state index contributed by atoms with van der Waals surface area (Å²) in [5, 5.41) is 25.6. The number of phenols is 1. The number of carbonyl (C=O) groups excluding carboxylic acids is 2. The normalized spacial score (nSPS) is 33.2. The molecule has 6 rings (SSSR count). The second-order valence-corrected chi connectivity index (χ2v) is 10.5. The smallest absolute Gasteiger partial charge is 0.251 e. The van der Waals surface area contributed by atoms with Gasteiger partial charge in [0, 0.05) is 36.4 Å². The number of nitrogens with zero attached hydrogens (tertiary/aromatic N) is 1. The van der Waals surface area contributed by atoms with Gasteiger partial charge in [0.05, 0.1) is 11.6 Å². The fraction of sp³-hybridized carbons (Fsp3) is 0.481. The van der Waals surface area contributed by atoms with Gasteiger partial charge in [-0.3, -0.25) is 14.5 Å². The maximum absolute atomic E-state index is 13.4. The van der Waals surface area contributed by atoms with E-state index < -0.39 is 17.1 Å². The molecule has 2 saturated carbocycles. The fourth-order valence-electron chi connectivity index (χ4n) is 6.72. The lowest BCUT2D eigenvalue weighted by Gasteiger charge is -2.64. The predicted octanol–water partition coefficient (Wildman–Crippen LogP) is 2.56. The van der Waals surface area contributed by atoms with Gasteiger partial charge in [-0.1, -0.05) is 24.3 Å². The molecule has 4 atom stereocenters. The molecule has 3 aliphatic carbocycles. The van der Waals surface area contributed by atoms with Gasteiger partial charge < -0.3 is 15.5 Å². The second kappa shape index (κ2) is 7.40. The summed E-state index contributed by atoms with van der Waals surface area (Å²) in [4.78, 5) is 28.7. The molecule has 6 nitrogen and oxygen atoms in total. The van der Waals surface area contributed by atoms with Gasteiger partial charge >= 0.3 is 0 Å². The quantitative estimate of drug-likeness (QED) is 0.672. The summed E-state index contributed by atoms with van der Waals surface area (Å²) in [6.45, 7) is 1.82. The number of amides is 1. The van der Waals surface area contributed by atoms with Crippen LogP contribution in [0.5, 0.6) is 5.75 Å². The Morgan fingerprint density at radius 2 is 1.94 bits per heavy atom. The Balaban J connectivity index is 1.38. The van der Waals surface area contributed by atoms with E-state index in [4.69, 9.17) is 0 Å². The summed E-state index contributed by atoms with van der Waals surface area (Å²) >= 11 is 0. The van der Waals surface area contributed by atoms with Crippen molar-refractivity contribution in [1.29, 1.82) is 0 Å². The number of piperidine rings is 1. The number of phenolic OH excluding ortho intramolecular Hbond substituents is 1. The molecule has 1 heterocycles. The van der Waals surface area contributed by atoms with Crippen molar-refractivity contribution in [2.45, 2.75) is 61.6 Å². The van der Waals surface area contributed by atoms with Crippen LogP contribution in [-0.4, -0.2) is 57.6 Å². The van der Waals surface area contributed by atoms with Crippen molar-refractivity contribution in [2.75, 3.05) is 13.1 Å². The summed E-state index contributed by atoms with van der Waals surface area (Å²) in [5.74, 6) is 0.522. The highest BCUT2D eigenvalue weighted by molar-refractivity contribution is 5.98. The summed E-state index contributed by atoms with van der Waals surface area (Å²) in [6, 6.07) is 13.5. The molecular formula is C27H30N2O4. The standard InChI is InChI=1S/C27H30N2O4/c30-20-9-8-19-12-24-27(33)14-22(28-25(32)18-4-2-1-3-5-18)23(31)15-26(27,21(19)13-20)10-11-29(24)16-17-6-7-17/h1-5,8-9,13,17,22,24,30,33H,6-7,10-12,14-16H2,(H,28,32). The number of fused-ring (bicyclic) bond motifs is 1. The zero-order valence-corrected chi connectivity index (χ0v) is 18.7. The largest absolute Gasteiger partial charge is 0.508 e. The Labute approximate surface area is 193 Å². The number of nitrogens with one attached hydrogen (secondary N) is 1. The van der Waals surface area contributed by atoms with E-state index in [1.807, 2.05) is 12.1 Å². The Morgan fingerprint density at radius 3 is 2.70 bits per heavy atom. The Morgan fingerprint density at radius 1 is 1.15 bits per heavy atom. The Kier molecular flexibility index (Phi) is 4.68. The minimum absolute atomic E-state index is 0.0467. The van der Waals surface area contributed by atoms with Gasteiger partial charge in [0.1, 0.15) is 5.75 Å². The van der Waals surface area contributed by atoms with E-state index in [2.05, 4.69) is 10.2 Å². The van der Waals surface area contributed by atoms with Crippen molar-refractivity contribution < 1.29 is 19.8 Å². The Hall–Kier alpha value is -2.70. The van der Waals surface area contributed by atoms with Crippen molar-refractivity contribution in [2.24, 2.45) is 5.92 Å². The molecular weight excluding hydrogens is 416 g/mol. The van der Waals surface area contributed by atoms with Gasteiger partial charge in [0.15, 0.2) is 5.78 Å². The van der Waals surface area contributed by atoms with Crippen LogP contribution in [0.4, 0.5) is 0 Å². The number of aliphatic hydroxyl groups is 1. The molecule has 4 unspecified atom stereocenters. The molecule has 2 bridgehead atoms. The number of ketones is 1. The van der Waals surface area contributed by atoms with E-state index in [0.29, 0.717) is 24.3 Å². The zero-order valence-electron chi connectivity index (χ0n) is 18.7. The fourth-order valence-corrected chi connectivity index (χ4v) is 6.72. The third-order valence-corrected chi connectivity index (χ3v) is 8.58. The number of hydrogen-bond acceptors (Lipinski definition) is 5. The number of rotatable bonds is 4. The van der Waals surface area contributed by atoms with Crippen LogP contribution in [0.1, 0.15) is 53.6 Å². The molecule has 3 N–H and O–H groups in total. The highest BCUT2D eigenvalue weighted by atomic mass is 16.3. The van der Waals surface area contributed by atoms with E-state index in [9.17, 15) is 19.8 Å². The van der Waals surface area contributed by atoms with Crippen molar-refractivity contribution in [3.63, 3.8) is 0 Å². The number of aromatic hydroxyl groups is 1. The molecule has 0 radical (unpaired) electrons. The third kappa shape index (κ3) is 3.22. The van der Waals surface area contributed by atoms with Gasteiger partial charge in [-0.25, -0.2) is 0 Å². The zero-order chi connectivity index (χ0) is 22.8. The van der Waals surface area contributed by atoms with Gasteiger partial charge in [0.25, 0.3) is 5.91 Å². The Bertz CT molecular complexity index is 1110. The lowest BCUT2D eigenvalue weighted by molar-refractivity contribution is -0.177. The summed E-state index contributed by atoms with van der Waals surface area (Å²) in [6.07, 6.45) is 4.22. The van der Waals surface area contributed by atoms with Crippen LogP contribution >= 0.6 is 0 Å². The van der Waals surface area contributed by atoms with Crippen LogP contribution in [0.3, 0.4) is 0 Å². The predicted molar refractivity (Wildman–Crippen MR) is 123 cm³/mol. The van der Waals surface area contributed by atoms with Crippen molar-refractivity contribution in [3.8, 4) is 5.75 Å². The second-order valence-electron chi connectivity index (χ2n) is 10.5. The van der Waals surface area contributed by atoms with Crippen molar-refractivity contribution in [1.82, 2.24) is 10.2 Å². The maximum Gasteiger partial charge on any atom is 0.251 e. The van der Waals surface area contributed by atoms with Gasteiger partial charge in [-0.15, -0.1) is 0 Å². The highest BCUT2D eigenvalue weighted by Crippen LogP contribution is 2.58. The molecule has 172 valence electrons. The first-order valence-corrected chi connectivity index (χ1v) is 12.1. The first-order valence-electron chi connectivity index (χ1n) is 12.1. The van der Waals surface area contributed by atoms with Crippen LogP contribution in [-0.2, 0) is 16.6 Å². The molecule has 1 aliphatic heterocycles.